The smallest absolute Gasteiger partial charge is 0.134 e. The van der Waals surface area contributed by atoms with E-state index in [4.69, 9.17) is 5.73 Å². The van der Waals surface area contributed by atoms with Crippen LogP contribution in [0.25, 0.3) is 10.9 Å². The highest BCUT2D eigenvalue weighted by atomic mass is 15.2. The number of rotatable bonds is 4. The molecule has 0 saturated heterocycles. The van der Waals surface area contributed by atoms with Gasteiger partial charge in [0.15, 0.2) is 0 Å². The van der Waals surface area contributed by atoms with Gasteiger partial charge in [0.1, 0.15) is 12.2 Å². The lowest BCUT2D eigenvalue weighted by atomic mass is 10.1. The van der Waals surface area contributed by atoms with E-state index in [1.54, 1.807) is 12.5 Å². The number of nitrogens with two attached hydrogens (primary N) is 1. The maximum Gasteiger partial charge on any atom is 0.134 e. The number of para-hydroxylation sites is 1. The first kappa shape index (κ1) is 12.4. The SMILES string of the molecule is Cn1cnnc1CCNc1c(N)cnc2ccccc12. The van der Waals surface area contributed by atoms with Crippen molar-refractivity contribution in [2.45, 2.75) is 6.42 Å². The van der Waals surface area contributed by atoms with Crippen LogP contribution in [0.4, 0.5) is 11.4 Å². The number of nitrogens with zero attached hydrogens (tertiary/aromatic N) is 4. The maximum atomic E-state index is 6.02. The molecule has 0 aliphatic carbocycles. The second kappa shape index (κ2) is 5.16. The van der Waals surface area contributed by atoms with Crippen LogP contribution in [0.1, 0.15) is 5.82 Å². The fraction of sp³-hybridized carbons (Fsp3) is 0.214. The summed E-state index contributed by atoms with van der Waals surface area (Å²) in [7, 11) is 1.94. The van der Waals surface area contributed by atoms with Crippen LogP contribution >= 0.6 is 0 Å². The van der Waals surface area contributed by atoms with E-state index in [0.717, 1.165) is 35.4 Å². The number of anilines is 2. The molecule has 6 heteroatoms. The quantitative estimate of drug-likeness (QED) is 0.751. The molecule has 0 saturated carbocycles. The van der Waals surface area contributed by atoms with E-state index in [0.29, 0.717) is 5.69 Å². The van der Waals surface area contributed by atoms with Crippen LogP contribution in [-0.2, 0) is 13.5 Å². The molecule has 3 aromatic rings. The van der Waals surface area contributed by atoms with Gasteiger partial charge in [-0.3, -0.25) is 4.98 Å². The monoisotopic (exact) mass is 268 g/mol. The van der Waals surface area contributed by atoms with Gasteiger partial charge in [0.25, 0.3) is 0 Å². The summed E-state index contributed by atoms with van der Waals surface area (Å²) in [4.78, 5) is 4.32. The summed E-state index contributed by atoms with van der Waals surface area (Å²) in [6.07, 6.45) is 4.17. The van der Waals surface area contributed by atoms with Crippen LogP contribution in [-0.4, -0.2) is 26.3 Å². The topological polar surface area (TPSA) is 81.7 Å². The minimum Gasteiger partial charge on any atom is -0.396 e. The van der Waals surface area contributed by atoms with Crippen molar-refractivity contribution in [1.82, 2.24) is 19.7 Å². The average Bonchev–Trinajstić information content (AvgIpc) is 2.87. The first-order chi connectivity index (χ1) is 9.75. The Morgan fingerprint density at radius 2 is 2.15 bits per heavy atom. The number of hydrogen-bond donors (Lipinski definition) is 2. The minimum atomic E-state index is 0.654. The zero-order chi connectivity index (χ0) is 13.9. The van der Waals surface area contributed by atoms with Crippen molar-refractivity contribution in [3.63, 3.8) is 0 Å². The Morgan fingerprint density at radius 1 is 1.30 bits per heavy atom. The van der Waals surface area contributed by atoms with Gasteiger partial charge < -0.3 is 15.6 Å². The molecule has 0 atom stereocenters. The van der Waals surface area contributed by atoms with Gasteiger partial charge in [0.05, 0.1) is 23.1 Å². The number of aryl methyl sites for hydroxylation is 1. The second-order valence-corrected chi connectivity index (χ2v) is 4.64. The Labute approximate surface area is 116 Å². The highest BCUT2D eigenvalue weighted by Gasteiger charge is 2.06. The van der Waals surface area contributed by atoms with Crippen LogP contribution in [0.5, 0.6) is 0 Å². The Kier molecular flexibility index (Phi) is 3.20. The predicted octanol–water partition coefficient (Wildman–Crippen LogP) is 1.60. The summed E-state index contributed by atoms with van der Waals surface area (Å²) >= 11 is 0. The van der Waals surface area contributed by atoms with E-state index in [1.165, 1.54) is 0 Å². The highest BCUT2D eigenvalue weighted by Crippen LogP contribution is 2.27. The number of fused-ring (bicyclic) bond motifs is 1. The predicted molar refractivity (Wildman–Crippen MR) is 79.4 cm³/mol. The third kappa shape index (κ3) is 2.27. The normalized spacial score (nSPS) is 10.8. The summed E-state index contributed by atoms with van der Waals surface area (Å²) in [5.41, 5.74) is 8.53. The van der Waals surface area contributed by atoms with Crippen molar-refractivity contribution in [2.75, 3.05) is 17.6 Å². The third-order valence-corrected chi connectivity index (χ3v) is 3.26. The molecule has 0 aliphatic rings. The largest absolute Gasteiger partial charge is 0.396 e. The first-order valence-corrected chi connectivity index (χ1v) is 6.45. The van der Waals surface area contributed by atoms with Crippen molar-refractivity contribution in [3.8, 4) is 0 Å². The lowest BCUT2D eigenvalue weighted by Crippen LogP contribution is -2.10. The van der Waals surface area contributed by atoms with Gasteiger partial charge in [0.2, 0.25) is 0 Å². The molecule has 0 bridgehead atoms. The lowest BCUT2D eigenvalue weighted by Gasteiger charge is -2.11. The van der Waals surface area contributed by atoms with Crippen LogP contribution < -0.4 is 11.1 Å². The fourth-order valence-corrected chi connectivity index (χ4v) is 2.19. The van der Waals surface area contributed by atoms with Gasteiger partial charge in [-0.05, 0) is 6.07 Å². The van der Waals surface area contributed by atoms with Crippen molar-refractivity contribution in [3.05, 3.63) is 42.6 Å². The van der Waals surface area contributed by atoms with Gasteiger partial charge in [-0.25, -0.2) is 0 Å². The molecule has 102 valence electrons. The van der Waals surface area contributed by atoms with Gasteiger partial charge in [-0.2, -0.15) is 0 Å². The molecule has 2 heterocycles. The van der Waals surface area contributed by atoms with Crippen LogP contribution in [0.15, 0.2) is 36.8 Å². The molecule has 20 heavy (non-hydrogen) atoms. The molecule has 0 spiro atoms. The first-order valence-electron chi connectivity index (χ1n) is 6.45. The van der Waals surface area contributed by atoms with E-state index < -0.39 is 0 Å². The van der Waals surface area contributed by atoms with E-state index in [1.807, 2.05) is 35.9 Å². The Hall–Kier alpha value is -2.63. The molecule has 0 aliphatic heterocycles. The van der Waals surface area contributed by atoms with Crippen LogP contribution in [0, 0.1) is 0 Å². The van der Waals surface area contributed by atoms with Gasteiger partial charge in [-0.1, -0.05) is 18.2 Å². The summed E-state index contributed by atoms with van der Waals surface area (Å²) in [5.74, 6) is 0.939. The summed E-state index contributed by atoms with van der Waals surface area (Å²) in [6, 6.07) is 7.94. The van der Waals surface area contributed by atoms with E-state index in [2.05, 4.69) is 20.5 Å². The highest BCUT2D eigenvalue weighted by molar-refractivity contribution is 5.96. The van der Waals surface area contributed by atoms with Crippen LogP contribution in [0.2, 0.25) is 0 Å². The molecule has 3 N–H and O–H groups in total. The standard InChI is InChI=1S/C14H16N6/c1-20-9-18-19-13(20)6-7-16-14-10-4-2-3-5-12(10)17-8-11(14)15/h2-5,8-9H,6-7,15H2,1H3,(H,16,17). The number of nitrogens with one attached hydrogen (secondary N) is 1. The van der Waals surface area contributed by atoms with Gasteiger partial charge in [0, 0.05) is 25.4 Å². The van der Waals surface area contributed by atoms with Crippen LogP contribution in [0.3, 0.4) is 0 Å². The molecule has 2 aromatic heterocycles. The summed E-state index contributed by atoms with van der Waals surface area (Å²) < 4.78 is 1.91. The van der Waals surface area contributed by atoms with Crippen molar-refractivity contribution in [1.29, 1.82) is 0 Å². The fourth-order valence-electron chi connectivity index (χ4n) is 2.19. The van der Waals surface area contributed by atoms with E-state index in [-0.39, 0.29) is 0 Å². The molecule has 0 radical (unpaired) electrons. The van der Waals surface area contributed by atoms with Crippen molar-refractivity contribution < 1.29 is 0 Å². The van der Waals surface area contributed by atoms with Gasteiger partial charge in [-0.15, -0.1) is 10.2 Å². The average molecular weight is 268 g/mol. The Balaban J connectivity index is 1.80. The molecular weight excluding hydrogens is 252 g/mol. The lowest BCUT2D eigenvalue weighted by molar-refractivity contribution is 0.789. The number of nitrogen functional groups attached to an aromatic ring is 1. The minimum absolute atomic E-state index is 0.654. The molecule has 0 unspecified atom stereocenters. The number of hydrogen-bond acceptors (Lipinski definition) is 5. The Bertz CT molecular complexity index is 733. The molecular formula is C14H16N6. The van der Waals surface area contributed by atoms with Crippen molar-refractivity contribution in [2.24, 2.45) is 7.05 Å². The Morgan fingerprint density at radius 3 is 2.95 bits per heavy atom. The van der Waals surface area contributed by atoms with Crippen molar-refractivity contribution >= 4 is 22.3 Å². The number of pyridine rings is 1. The summed E-state index contributed by atoms with van der Waals surface area (Å²) in [5, 5.41) is 12.3. The van der Waals surface area contributed by atoms with E-state index >= 15 is 0 Å². The number of benzene rings is 1. The second-order valence-electron chi connectivity index (χ2n) is 4.64. The maximum absolute atomic E-state index is 6.02. The molecule has 0 amide bonds. The van der Waals surface area contributed by atoms with E-state index in [9.17, 15) is 0 Å². The molecule has 0 fully saturated rings. The summed E-state index contributed by atoms with van der Waals surface area (Å²) in [6.45, 7) is 0.741. The number of aromatic nitrogens is 4. The molecule has 1 aromatic carbocycles. The zero-order valence-electron chi connectivity index (χ0n) is 11.2. The molecule has 3 rings (SSSR count). The zero-order valence-corrected chi connectivity index (χ0v) is 11.2. The van der Waals surface area contributed by atoms with Gasteiger partial charge >= 0.3 is 0 Å². The third-order valence-electron chi connectivity index (χ3n) is 3.26. The molecule has 6 nitrogen and oxygen atoms in total.